The lowest BCUT2D eigenvalue weighted by atomic mass is 10.1. The van der Waals surface area contributed by atoms with Crippen LogP contribution in [0.25, 0.3) is 5.69 Å². The summed E-state index contributed by atoms with van der Waals surface area (Å²) in [6.45, 7) is 1.90. The number of halogens is 1. The summed E-state index contributed by atoms with van der Waals surface area (Å²) in [6.07, 6.45) is 0.633. The minimum atomic E-state index is -0.130. The largest absolute Gasteiger partial charge is 0.390 e. The van der Waals surface area contributed by atoms with Crippen molar-refractivity contribution in [3.63, 3.8) is 0 Å². The molecule has 0 aliphatic rings. The Bertz CT molecular complexity index is 781. The van der Waals surface area contributed by atoms with E-state index in [1.807, 2.05) is 55.5 Å². The van der Waals surface area contributed by atoms with Gasteiger partial charge in [-0.25, -0.2) is 4.68 Å². The predicted molar refractivity (Wildman–Crippen MR) is 86.3 cm³/mol. The monoisotopic (exact) mass is 313 g/mol. The molecule has 1 N–H and O–H groups in total. The van der Waals surface area contributed by atoms with Gasteiger partial charge in [0.15, 0.2) is 0 Å². The third-order valence-corrected chi connectivity index (χ3v) is 3.78. The highest BCUT2D eigenvalue weighted by Gasteiger charge is 2.14. The quantitative estimate of drug-likeness (QED) is 0.804. The number of rotatable bonds is 4. The lowest BCUT2D eigenvalue weighted by Crippen LogP contribution is -2.05. The zero-order valence-electron chi connectivity index (χ0n) is 12.2. The van der Waals surface area contributed by atoms with Crippen molar-refractivity contribution in [2.24, 2.45) is 0 Å². The van der Waals surface area contributed by atoms with Gasteiger partial charge in [0, 0.05) is 11.4 Å². The molecule has 112 valence electrons. The van der Waals surface area contributed by atoms with Gasteiger partial charge in [0.2, 0.25) is 0 Å². The van der Waals surface area contributed by atoms with Crippen LogP contribution in [0.4, 0.5) is 0 Å². The molecule has 0 unspecified atom stereocenters. The summed E-state index contributed by atoms with van der Waals surface area (Å²) >= 11 is 5.93. The SMILES string of the molecule is Cc1cccc(-n2nnc(CO)c2Cc2ccc(Cl)cc2)c1. The van der Waals surface area contributed by atoms with Gasteiger partial charge in [0.25, 0.3) is 0 Å². The van der Waals surface area contributed by atoms with E-state index in [4.69, 9.17) is 11.6 Å². The van der Waals surface area contributed by atoms with Gasteiger partial charge in [0.05, 0.1) is 18.0 Å². The van der Waals surface area contributed by atoms with Crippen LogP contribution < -0.4 is 0 Å². The van der Waals surface area contributed by atoms with Crippen LogP contribution in [-0.2, 0) is 13.0 Å². The van der Waals surface area contributed by atoms with Gasteiger partial charge in [-0.15, -0.1) is 5.10 Å². The second kappa shape index (κ2) is 6.30. The van der Waals surface area contributed by atoms with Crippen LogP contribution in [0.15, 0.2) is 48.5 Å². The van der Waals surface area contributed by atoms with Crippen LogP contribution in [0.3, 0.4) is 0 Å². The van der Waals surface area contributed by atoms with Crippen LogP contribution in [-0.4, -0.2) is 20.1 Å². The van der Waals surface area contributed by atoms with Crippen LogP contribution in [0.1, 0.15) is 22.5 Å². The first-order valence-corrected chi connectivity index (χ1v) is 7.41. The number of aliphatic hydroxyl groups is 1. The van der Waals surface area contributed by atoms with Crippen molar-refractivity contribution < 1.29 is 5.11 Å². The summed E-state index contributed by atoms with van der Waals surface area (Å²) in [5.41, 5.74) is 4.66. The Labute approximate surface area is 134 Å². The maximum absolute atomic E-state index is 9.52. The third-order valence-electron chi connectivity index (χ3n) is 3.52. The maximum Gasteiger partial charge on any atom is 0.112 e. The minimum absolute atomic E-state index is 0.130. The Kier molecular flexibility index (Phi) is 4.22. The maximum atomic E-state index is 9.52. The van der Waals surface area contributed by atoms with Crippen molar-refractivity contribution in [2.75, 3.05) is 0 Å². The predicted octanol–water partition coefficient (Wildman–Crippen LogP) is 3.31. The first-order valence-electron chi connectivity index (χ1n) is 7.03. The van der Waals surface area contributed by atoms with E-state index in [0.29, 0.717) is 17.1 Å². The molecule has 0 atom stereocenters. The van der Waals surface area contributed by atoms with Crippen LogP contribution in [0.2, 0.25) is 5.02 Å². The summed E-state index contributed by atoms with van der Waals surface area (Å²) in [6, 6.07) is 15.7. The van der Waals surface area contributed by atoms with E-state index in [1.165, 1.54) is 0 Å². The molecule has 1 heterocycles. The van der Waals surface area contributed by atoms with E-state index < -0.39 is 0 Å². The van der Waals surface area contributed by atoms with E-state index in [0.717, 1.165) is 22.5 Å². The first-order chi connectivity index (χ1) is 10.7. The van der Waals surface area contributed by atoms with Crippen molar-refractivity contribution in [3.8, 4) is 5.69 Å². The number of aromatic nitrogens is 3. The summed E-state index contributed by atoms with van der Waals surface area (Å²) < 4.78 is 1.78. The molecule has 3 aromatic rings. The van der Waals surface area contributed by atoms with E-state index in [2.05, 4.69) is 10.3 Å². The number of nitrogens with zero attached hydrogens (tertiary/aromatic N) is 3. The van der Waals surface area contributed by atoms with Gasteiger partial charge in [0.1, 0.15) is 5.69 Å². The average Bonchev–Trinajstić information content (AvgIpc) is 2.92. The average molecular weight is 314 g/mol. The molecule has 0 aliphatic carbocycles. The summed E-state index contributed by atoms with van der Waals surface area (Å²) in [5.74, 6) is 0. The molecule has 0 saturated carbocycles. The molecule has 0 amide bonds. The normalized spacial score (nSPS) is 10.9. The molecule has 5 heteroatoms. The fraction of sp³-hybridized carbons (Fsp3) is 0.176. The molecule has 0 saturated heterocycles. The molecule has 2 aromatic carbocycles. The molecule has 4 nitrogen and oxygen atoms in total. The summed E-state index contributed by atoms with van der Waals surface area (Å²) in [4.78, 5) is 0. The molecule has 0 radical (unpaired) electrons. The van der Waals surface area contributed by atoms with Crippen molar-refractivity contribution in [1.82, 2.24) is 15.0 Å². The molecule has 0 fully saturated rings. The lowest BCUT2D eigenvalue weighted by molar-refractivity contribution is 0.275. The van der Waals surface area contributed by atoms with Crippen molar-refractivity contribution in [1.29, 1.82) is 0 Å². The van der Waals surface area contributed by atoms with Crippen LogP contribution in [0, 0.1) is 6.92 Å². The van der Waals surface area contributed by atoms with Gasteiger partial charge < -0.3 is 5.11 Å². The molecular weight excluding hydrogens is 298 g/mol. The summed E-state index contributed by atoms with van der Waals surface area (Å²) in [7, 11) is 0. The molecule has 0 spiro atoms. The van der Waals surface area contributed by atoms with E-state index >= 15 is 0 Å². The lowest BCUT2D eigenvalue weighted by Gasteiger charge is -2.08. The standard InChI is InChI=1S/C17H16ClN3O/c1-12-3-2-4-15(9-12)21-17(16(11-22)19-20-21)10-13-5-7-14(18)8-6-13/h2-9,22H,10-11H2,1H3. The number of hydrogen-bond acceptors (Lipinski definition) is 3. The molecule has 0 aliphatic heterocycles. The molecule has 22 heavy (non-hydrogen) atoms. The number of benzene rings is 2. The van der Waals surface area contributed by atoms with Gasteiger partial charge in [-0.2, -0.15) is 0 Å². The Morgan fingerprint density at radius 2 is 1.91 bits per heavy atom. The molecular formula is C17H16ClN3O. The smallest absolute Gasteiger partial charge is 0.112 e. The highest BCUT2D eigenvalue weighted by Crippen LogP contribution is 2.19. The van der Waals surface area contributed by atoms with E-state index in [-0.39, 0.29) is 6.61 Å². The van der Waals surface area contributed by atoms with Gasteiger partial charge in [-0.05, 0) is 42.3 Å². The highest BCUT2D eigenvalue weighted by atomic mass is 35.5. The van der Waals surface area contributed by atoms with Crippen molar-refractivity contribution in [2.45, 2.75) is 20.0 Å². The van der Waals surface area contributed by atoms with Crippen molar-refractivity contribution >= 4 is 11.6 Å². The van der Waals surface area contributed by atoms with Crippen LogP contribution >= 0.6 is 11.6 Å². The second-order valence-corrected chi connectivity index (χ2v) is 5.63. The topological polar surface area (TPSA) is 50.9 Å². The Balaban J connectivity index is 2.02. The molecule has 3 rings (SSSR count). The fourth-order valence-corrected chi connectivity index (χ4v) is 2.52. The minimum Gasteiger partial charge on any atom is -0.390 e. The van der Waals surface area contributed by atoms with E-state index in [1.54, 1.807) is 4.68 Å². The number of aryl methyl sites for hydroxylation is 1. The van der Waals surface area contributed by atoms with Crippen LogP contribution in [0.5, 0.6) is 0 Å². The Morgan fingerprint density at radius 3 is 2.59 bits per heavy atom. The number of aliphatic hydroxyl groups excluding tert-OH is 1. The fourth-order valence-electron chi connectivity index (χ4n) is 2.40. The van der Waals surface area contributed by atoms with Gasteiger partial charge >= 0.3 is 0 Å². The van der Waals surface area contributed by atoms with Gasteiger partial charge in [-0.1, -0.05) is 41.1 Å². The Hall–Kier alpha value is -2.17. The van der Waals surface area contributed by atoms with Gasteiger partial charge in [-0.3, -0.25) is 0 Å². The highest BCUT2D eigenvalue weighted by molar-refractivity contribution is 6.30. The molecule has 0 bridgehead atoms. The number of hydrogen-bond donors (Lipinski definition) is 1. The third kappa shape index (κ3) is 3.03. The Morgan fingerprint density at radius 1 is 1.14 bits per heavy atom. The zero-order valence-corrected chi connectivity index (χ0v) is 13.0. The van der Waals surface area contributed by atoms with E-state index in [9.17, 15) is 5.11 Å². The molecule has 1 aromatic heterocycles. The zero-order chi connectivity index (χ0) is 15.5. The second-order valence-electron chi connectivity index (χ2n) is 5.19. The summed E-state index contributed by atoms with van der Waals surface area (Å²) in [5, 5.41) is 18.5. The first kappa shape index (κ1) is 14.8. The van der Waals surface area contributed by atoms with Crippen molar-refractivity contribution in [3.05, 3.63) is 76.1 Å².